The second kappa shape index (κ2) is 8.36. The predicted octanol–water partition coefficient (Wildman–Crippen LogP) is 3.88. The van der Waals surface area contributed by atoms with Gasteiger partial charge in [0.2, 0.25) is 11.7 Å². The molecule has 1 atom stereocenters. The Morgan fingerprint density at radius 2 is 2.20 bits per heavy atom. The van der Waals surface area contributed by atoms with Crippen LogP contribution in [0.3, 0.4) is 0 Å². The molecule has 130 valence electrons. The summed E-state index contributed by atoms with van der Waals surface area (Å²) in [6.07, 6.45) is 6.28. The van der Waals surface area contributed by atoms with Gasteiger partial charge >= 0.3 is 0 Å². The molecule has 3 aromatic rings. The minimum atomic E-state index is -0.116. The molecule has 0 aliphatic rings. The number of hydrogen-bond acceptors (Lipinski definition) is 4. The van der Waals surface area contributed by atoms with Crippen molar-refractivity contribution in [3.05, 3.63) is 65.2 Å². The van der Waals surface area contributed by atoms with Crippen LogP contribution >= 0.6 is 23.4 Å². The molecule has 0 radical (unpaired) electrons. The van der Waals surface area contributed by atoms with Gasteiger partial charge < -0.3 is 5.32 Å². The van der Waals surface area contributed by atoms with Crippen LogP contribution in [0.25, 0.3) is 5.78 Å². The second-order valence-electron chi connectivity index (χ2n) is 5.61. The van der Waals surface area contributed by atoms with Crippen molar-refractivity contribution < 1.29 is 4.79 Å². The number of amides is 1. The number of halogens is 1. The molecule has 2 aromatic heterocycles. The van der Waals surface area contributed by atoms with E-state index < -0.39 is 0 Å². The van der Waals surface area contributed by atoms with Gasteiger partial charge in [0, 0.05) is 29.4 Å². The van der Waals surface area contributed by atoms with Crippen molar-refractivity contribution in [2.45, 2.75) is 25.1 Å². The Hall–Kier alpha value is -2.05. The van der Waals surface area contributed by atoms with Gasteiger partial charge in [-0.25, -0.2) is 9.97 Å². The third-order valence-corrected chi connectivity index (χ3v) is 5.15. The van der Waals surface area contributed by atoms with Crippen LogP contribution < -0.4 is 5.32 Å². The summed E-state index contributed by atoms with van der Waals surface area (Å²) in [5, 5.41) is 3.78. The molecular formula is C18H19ClN4OS. The molecule has 0 spiro atoms. The highest BCUT2D eigenvalue weighted by Crippen LogP contribution is 2.21. The fraction of sp³-hybridized carbons (Fsp3) is 0.278. The summed E-state index contributed by atoms with van der Waals surface area (Å²) in [6, 6.07) is 9.43. The lowest BCUT2D eigenvalue weighted by atomic mass is 10.2. The summed E-state index contributed by atoms with van der Waals surface area (Å²) in [7, 11) is 0. The Labute approximate surface area is 155 Å². The van der Waals surface area contributed by atoms with Gasteiger partial charge in [-0.1, -0.05) is 36.7 Å². The molecule has 1 N–H and O–H groups in total. The number of fused-ring (bicyclic) bond motifs is 1. The van der Waals surface area contributed by atoms with Crippen molar-refractivity contribution in [3.8, 4) is 0 Å². The summed E-state index contributed by atoms with van der Waals surface area (Å²) < 4.78 is 1.86. The molecule has 1 aromatic carbocycles. The molecule has 0 saturated heterocycles. The number of nitrogens with one attached hydrogen (secondary N) is 1. The fourth-order valence-electron chi connectivity index (χ4n) is 2.51. The van der Waals surface area contributed by atoms with Gasteiger partial charge in [0.25, 0.3) is 0 Å². The third-order valence-electron chi connectivity index (χ3n) is 3.80. The summed E-state index contributed by atoms with van der Waals surface area (Å²) in [5.41, 5.74) is 1.87. The molecule has 0 fully saturated rings. The van der Waals surface area contributed by atoms with E-state index in [-0.39, 0.29) is 11.9 Å². The molecule has 0 bridgehead atoms. The number of rotatable bonds is 7. The van der Waals surface area contributed by atoms with E-state index in [9.17, 15) is 4.79 Å². The van der Waals surface area contributed by atoms with Crippen LogP contribution in [0.5, 0.6) is 0 Å². The lowest BCUT2D eigenvalue weighted by Gasteiger charge is -2.14. The van der Waals surface area contributed by atoms with Gasteiger partial charge in [-0.15, -0.1) is 11.8 Å². The van der Waals surface area contributed by atoms with Crippen LogP contribution in [0.15, 0.2) is 48.9 Å². The molecule has 7 heteroatoms. The zero-order valence-corrected chi connectivity index (χ0v) is 15.4. The van der Waals surface area contributed by atoms with Gasteiger partial charge in [0.15, 0.2) is 0 Å². The topological polar surface area (TPSA) is 59.3 Å². The summed E-state index contributed by atoms with van der Waals surface area (Å²) in [5.74, 6) is 1.72. The minimum absolute atomic E-state index is 0.00563. The van der Waals surface area contributed by atoms with Gasteiger partial charge in [0.1, 0.15) is 0 Å². The number of carbonyl (C=O) groups is 1. The number of imidazole rings is 1. The molecular weight excluding hydrogens is 356 g/mol. The molecule has 1 amide bonds. The monoisotopic (exact) mass is 374 g/mol. The van der Waals surface area contributed by atoms with E-state index in [1.807, 2.05) is 54.0 Å². The average molecular weight is 375 g/mol. The quantitative estimate of drug-likeness (QED) is 0.681. The Bertz CT molecular complexity index is 834. The highest BCUT2D eigenvalue weighted by molar-refractivity contribution is 7.99. The number of carbonyl (C=O) groups excluding carboxylic acids is 1. The lowest BCUT2D eigenvalue weighted by Crippen LogP contribution is -2.29. The summed E-state index contributed by atoms with van der Waals surface area (Å²) >= 11 is 7.68. The zero-order chi connectivity index (χ0) is 17.6. The zero-order valence-electron chi connectivity index (χ0n) is 13.9. The Kier molecular flexibility index (Phi) is 5.94. The number of aromatic nitrogens is 3. The fourth-order valence-corrected chi connectivity index (χ4v) is 3.63. The molecule has 5 nitrogen and oxygen atoms in total. The van der Waals surface area contributed by atoms with Crippen LogP contribution in [0.1, 0.15) is 30.6 Å². The summed E-state index contributed by atoms with van der Waals surface area (Å²) in [6.45, 7) is 2.03. The van der Waals surface area contributed by atoms with Gasteiger partial charge in [-0.3, -0.25) is 9.20 Å². The maximum Gasteiger partial charge on any atom is 0.233 e. The van der Waals surface area contributed by atoms with Gasteiger partial charge in [-0.2, -0.15) is 0 Å². The molecule has 0 aliphatic carbocycles. The standard InChI is InChI=1S/C18H19ClN4OS/c1-2-15(16-10-23-9-5-8-20-18(23)22-16)21-17(24)12-25-11-13-6-3-4-7-14(13)19/h3-10,15H,2,11-12H2,1H3,(H,21,24). The highest BCUT2D eigenvalue weighted by atomic mass is 35.5. The molecule has 0 aliphatic heterocycles. The van der Waals surface area contributed by atoms with Crippen LogP contribution in [0, 0.1) is 0 Å². The molecule has 2 heterocycles. The summed E-state index contributed by atoms with van der Waals surface area (Å²) in [4.78, 5) is 21.0. The van der Waals surface area contributed by atoms with E-state index in [1.54, 1.807) is 18.0 Å². The smallest absolute Gasteiger partial charge is 0.233 e. The first-order valence-corrected chi connectivity index (χ1v) is 9.60. The number of nitrogens with zero attached hydrogens (tertiary/aromatic N) is 3. The average Bonchev–Trinajstić information content (AvgIpc) is 3.05. The van der Waals surface area contributed by atoms with Crippen molar-refractivity contribution in [1.29, 1.82) is 0 Å². The van der Waals surface area contributed by atoms with Crippen molar-refractivity contribution in [2.24, 2.45) is 0 Å². The van der Waals surface area contributed by atoms with E-state index in [4.69, 9.17) is 11.6 Å². The van der Waals surface area contributed by atoms with Gasteiger partial charge in [-0.05, 0) is 24.1 Å². The van der Waals surface area contributed by atoms with Gasteiger partial charge in [0.05, 0.1) is 17.5 Å². The van der Waals surface area contributed by atoms with Crippen molar-refractivity contribution in [1.82, 2.24) is 19.7 Å². The van der Waals surface area contributed by atoms with Crippen LogP contribution in [0.4, 0.5) is 0 Å². The molecule has 1 unspecified atom stereocenters. The Morgan fingerprint density at radius 1 is 1.36 bits per heavy atom. The van der Waals surface area contributed by atoms with Crippen LogP contribution in [0.2, 0.25) is 5.02 Å². The van der Waals surface area contributed by atoms with Crippen LogP contribution in [-0.2, 0) is 10.5 Å². The first-order valence-electron chi connectivity index (χ1n) is 8.07. The Balaban J connectivity index is 1.56. The second-order valence-corrected chi connectivity index (χ2v) is 7.00. The highest BCUT2D eigenvalue weighted by Gasteiger charge is 2.16. The Morgan fingerprint density at radius 3 is 2.96 bits per heavy atom. The van der Waals surface area contributed by atoms with E-state index in [2.05, 4.69) is 15.3 Å². The van der Waals surface area contributed by atoms with Crippen LogP contribution in [-0.4, -0.2) is 26.0 Å². The molecule has 0 saturated carbocycles. The first kappa shape index (κ1) is 17.8. The predicted molar refractivity (Wildman–Crippen MR) is 102 cm³/mol. The third kappa shape index (κ3) is 4.52. The van der Waals surface area contributed by atoms with E-state index in [0.29, 0.717) is 17.3 Å². The lowest BCUT2D eigenvalue weighted by molar-refractivity contribution is -0.119. The SMILES string of the molecule is CCC(NC(=O)CSCc1ccccc1Cl)c1cn2cccnc2n1. The number of hydrogen-bond donors (Lipinski definition) is 1. The number of benzene rings is 1. The van der Waals surface area contributed by atoms with E-state index in [0.717, 1.165) is 22.7 Å². The van der Waals surface area contributed by atoms with Crippen molar-refractivity contribution in [2.75, 3.05) is 5.75 Å². The molecule has 3 rings (SSSR count). The van der Waals surface area contributed by atoms with Crippen molar-refractivity contribution in [3.63, 3.8) is 0 Å². The van der Waals surface area contributed by atoms with E-state index >= 15 is 0 Å². The normalized spacial score (nSPS) is 12.2. The maximum atomic E-state index is 12.3. The van der Waals surface area contributed by atoms with Crippen molar-refractivity contribution >= 4 is 35.0 Å². The molecule has 25 heavy (non-hydrogen) atoms. The van der Waals surface area contributed by atoms with E-state index in [1.165, 1.54) is 0 Å². The maximum absolute atomic E-state index is 12.3. The minimum Gasteiger partial charge on any atom is -0.347 e. The number of thioether (sulfide) groups is 1. The first-order chi connectivity index (χ1) is 12.2. The largest absolute Gasteiger partial charge is 0.347 e.